The van der Waals surface area contributed by atoms with E-state index in [4.69, 9.17) is 4.74 Å². The van der Waals surface area contributed by atoms with Crippen LogP contribution in [0, 0.1) is 27.3 Å². The van der Waals surface area contributed by atoms with E-state index in [-0.39, 0.29) is 16.9 Å². The molecule has 0 unspecified atom stereocenters. The van der Waals surface area contributed by atoms with E-state index in [9.17, 15) is 19.8 Å². The van der Waals surface area contributed by atoms with Crippen molar-refractivity contribution in [1.82, 2.24) is 4.98 Å². The Morgan fingerprint density at radius 3 is 2.93 bits per heavy atom. The number of rotatable bonds is 6. The number of hydrogen-bond acceptors (Lipinski definition) is 7. The predicted octanol–water partition coefficient (Wildman–Crippen LogP) is 4.84. The first kappa shape index (κ1) is 19.0. The summed E-state index contributed by atoms with van der Waals surface area (Å²) in [4.78, 5) is 14.6. The van der Waals surface area contributed by atoms with Crippen molar-refractivity contribution in [2.45, 2.75) is 0 Å². The summed E-state index contributed by atoms with van der Waals surface area (Å²) in [6.45, 7) is 0. The molecule has 0 amide bonds. The van der Waals surface area contributed by atoms with Crippen LogP contribution in [0.2, 0.25) is 0 Å². The largest absolute Gasteiger partial charge is 0.497 e. The molecule has 0 spiro atoms. The quantitative estimate of drug-likeness (QED) is 0.363. The van der Waals surface area contributed by atoms with Gasteiger partial charge in [-0.2, -0.15) is 5.26 Å². The Morgan fingerprint density at radius 2 is 2.21 bits per heavy atom. The van der Waals surface area contributed by atoms with Gasteiger partial charge in [0.25, 0.3) is 5.69 Å². The number of allylic oxidation sites excluding steroid dienone is 1. The van der Waals surface area contributed by atoms with Crippen molar-refractivity contribution in [3.63, 3.8) is 0 Å². The fourth-order valence-electron chi connectivity index (χ4n) is 2.34. The smallest absolute Gasteiger partial charge is 0.271 e. The van der Waals surface area contributed by atoms with Crippen molar-refractivity contribution >= 4 is 28.3 Å². The molecule has 0 aliphatic heterocycles. The zero-order chi connectivity index (χ0) is 20.1. The second-order valence-electron chi connectivity index (χ2n) is 5.51. The maximum absolute atomic E-state index is 13.9. The third kappa shape index (κ3) is 4.13. The van der Waals surface area contributed by atoms with E-state index in [1.54, 1.807) is 12.5 Å². The number of methoxy groups -OCH3 is 1. The number of benzene rings is 2. The summed E-state index contributed by atoms with van der Waals surface area (Å²) < 4.78 is 19.1. The highest BCUT2D eigenvalue weighted by atomic mass is 32.1. The van der Waals surface area contributed by atoms with Crippen LogP contribution in [0.3, 0.4) is 0 Å². The van der Waals surface area contributed by atoms with Crippen LogP contribution >= 0.6 is 11.3 Å². The molecule has 0 aliphatic carbocycles. The third-order valence-electron chi connectivity index (χ3n) is 3.75. The second-order valence-corrected chi connectivity index (χ2v) is 6.36. The van der Waals surface area contributed by atoms with E-state index in [1.807, 2.05) is 30.3 Å². The number of thiazole rings is 1. The van der Waals surface area contributed by atoms with Crippen molar-refractivity contribution in [1.29, 1.82) is 5.26 Å². The highest BCUT2D eigenvalue weighted by molar-refractivity contribution is 7.11. The minimum absolute atomic E-state index is 0.105. The summed E-state index contributed by atoms with van der Waals surface area (Å²) in [5, 5.41) is 25.1. The number of aromatic nitrogens is 1. The first-order valence-corrected chi connectivity index (χ1v) is 8.81. The van der Waals surface area contributed by atoms with Gasteiger partial charge < -0.3 is 10.1 Å². The maximum Gasteiger partial charge on any atom is 0.271 e. The molecule has 7 nitrogen and oxygen atoms in total. The predicted molar refractivity (Wildman–Crippen MR) is 104 cm³/mol. The monoisotopic (exact) mass is 396 g/mol. The van der Waals surface area contributed by atoms with Crippen molar-refractivity contribution in [2.75, 3.05) is 12.4 Å². The average molecular weight is 396 g/mol. The van der Waals surface area contributed by atoms with Crippen LogP contribution in [0.1, 0.15) is 5.01 Å². The van der Waals surface area contributed by atoms with E-state index >= 15 is 0 Å². The lowest BCUT2D eigenvalue weighted by Crippen LogP contribution is -1.96. The van der Waals surface area contributed by atoms with Gasteiger partial charge in [0, 0.05) is 29.3 Å². The minimum Gasteiger partial charge on any atom is -0.497 e. The van der Waals surface area contributed by atoms with Crippen LogP contribution in [0.4, 0.5) is 15.8 Å². The van der Waals surface area contributed by atoms with E-state index in [2.05, 4.69) is 10.3 Å². The lowest BCUT2D eigenvalue weighted by Gasteiger charge is -2.03. The van der Waals surface area contributed by atoms with E-state index in [1.165, 1.54) is 17.5 Å². The van der Waals surface area contributed by atoms with Gasteiger partial charge in [-0.05, 0) is 18.2 Å². The van der Waals surface area contributed by atoms with Gasteiger partial charge in [0.1, 0.15) is 28.2 Å². The lowest BCUT2D eigenvalue weighted by molar-refractivity contribution is -0.384. The fourth-order valence-corrected chi connectivity index (χ4v) is 3.14. The highest BCUT2D eigenvalue weighted by Gasteiger charge is 2.12. The van der Waals surface area contributed by atoms with Gasteiger partial charge in [0.05, 0.1) is 23.4 Å². The summed E-state index contributed by atoms with van der Waals surface area (Å²) in [5.41, 5.74) is 1.31. The number of anilines is 1. The number of ether oxygens (including phenoxy) is 1. The number of nitrogens with zero attached hydrogens (tertiary/aromatic N) is 3. The van der Waals surface area contributed by atoms with Crippen molar-refractivity contribution in [2.24, 2.45) is 0 Å². The third-order valence-corrected chi connectivity index (χ3v) is 4.63. The lowest BCUT2D eigenvalue weighted by atomic mass is 10.1. The van der Waals surface area contributed by atoms with Crippen LogP contribution < -0.4 is 10.1 Å². The van der Waals surface area contributed by atoms with Crippen LogP contribution in [0.25, 0.3) is 16.8 Å². The molecule has 0 saturated heterocycles. The number of nitro groups is 1. The Labute approximate surface area is 163 Å². The number of nitriles is 1. The molecule has 0 aliphatic rings. The molecule has 28 heavy (non-hydrogen) atoms. The van der Waals surface area contributed by atoms with Gasteiger partial charge >= 0.3 is 0 Å². The molecule has 1 N–H and O–H groups in total. The van der Waals surface area contributed by atoms with Crippen LogP contribution in [-0.2, 0) is 0 Å². The molecule has 0 bridgehead atoms. The minimum atomic E-state index is -0.671. The summed E-state index contributed by atoms with van der Waals surface area (Å²) in [6, 6.07) is 12.5. The molecule has 0 saturated carbocycles. The molecule has 3 aromatic rings. The van der Waals surface area contributed by atoms with E-state index < -0.39 is 10.7 Å². The Bertz CT molecular complexity index is 1100. The fraction of sp³-hybridized carbons (Fsp3) is 0.0526. The van der Waals surface area contributed by atoms with Crippen molar-refractivity contribution < 1.29 is 14.1 Å². The van der Waals surface area contributed by atoms with Gasteiger partial charge in [-0.3, -0.25) is 10.1 Å². The number of nitrogens with one attached hydrogen (secondary N) is 1. The first-order valence-electron chi connectivity index (χ1n) is 7.93. The molecule has 3 rings (SSSR count). The normalized spacial score (nSPS) is 11.0. The summed E-state index contributed by atoms with van der Waals surface area (Å²) in [6.07, 6.45) is 1.27. The zero-order valence-electron chi connectivity index (χ0n) is 14.5. The summed E-state index contributed by atoms with van der Waals surface area (Å²) in [5.74, 6) is 0.0151. The van der Waals surface area contributed by atoms with Gasteiger partial charge in [-0.15, -0.1) is 11.3 Å². The molecule has 140 valence electrons. The molecule has 1 aromatic heterocycles. The Kier molecular flexibility index (Phi) is 5.62. The second kappa shape index (κ2) is 8.28. The first-order chi connectivity index (χ1) is 13.5. The number of hydrogen-bond donors (Lipinski definition) is 1. The molecule has 0 radical (unpaired) electrons. The number of non-ortho nitro benzene ring substituents is 1. The molecular formula is C19H13FN4O3S. The summed E-state index contributed by atoms with van der Waals surface area (Å²) >= 11 is 1.25. The molecule has 0 atom stereocenters. The Balaban J connectivity index is 1.86. The molecule has 1 heterocycles. The van der Waals surface area contributed by atoms with Crippen LogP contribution in [0.15, 0.2) is 54.0 Å². The molecule has 9 heteroatoms. The standard InChI is InChI=1S/C19H13FN4O3S/c1-27-15-4-2-3-12(7-15)18-11-28-19(23-18)13(9-21)10-22-17-8-14(24(25)26)5-6-16(17)20/h2-8,10-11,22H,1H3. The number of nitro benzene ring substituents is 1. The van der Waals surface area contributed by atoms with Crippen LogP contribution in [-0.4, -0.2) is 17.0 Å². The molecular weight excluding hydrogens is 383 g/mol. The van der Waals surface area contributed by atoms with Crippen molar-refractivity contribution in [3.8, 4) is 23.1 Å². The SMILES string of the molecule is COc1cccc(-c2csc(C(C#N)=CNc3cc([N+](=O)[O-])ccc3F)n2)c1. The Hall–Kier alpha value is -3.77. The molecule has 2 aromatic carbocycles. The maximum atomic E-state index is 13.9. The van der Waals surface area contributed by atoms with Gasteiger partial charge in [0.15, 0.2) is 0 Å². The van der Waals surface area contributed by atoms with Crippen LogP contribution in [0.5, 0.6) is 5.75 Å². The molecule has 0 fully saturated rings. The van der Waals surface area contributed by atoms with Gasteiger partial charge in [-0.25, -0.2) is 9.37 Å². The topological polar surface area (TPSA) is 101 Å². The Morgan fingerprint density at radius 1 is 1.39 bits per heavy atom. The van der Waals surface area contributed by atoms with Gasteiger partial charge in [0.2, 0.25) is 0 Å². The number of halogens is 1. The van der Waals surface area contributed by atoms with Crippen molar-refractivity contribution in [3.05, 3.63) is 75.0 Å². The summed E-state index contributed by atoms with van der Waals surface area (Å²) in [7, 11) is 1.57. The average Bonchev–Trinajstić information content (AvgIpc) is 3.19. The van der Waals surface area contributed by atoms with E-state index in [0.717, 1.165) is 23.8 Å². The highest BCUT2D eigenvalue weighted by Crippen LogP contribution is 2.28. The van der Waals surface area contributed by atoms with E-state index in [0.29, 0.717) is 16.5 Å². The zero-order valence-corrected chi connectivity index (χ0v) is 15.4. The van der Waals surface area contributed by atoms with Gasteiger partial charge in [-0.1, -0.05) is 12.1 Å².